The zero-order valence-electron chi connectivity index (χ0n) is 19.4. The molecular formula is C26H30N4O4. The molecule has 0 saturated heterocycles. The average molecular weight is 463 g/mol. The summed E-state index contributed by atoms with van der Waals surface area (Å²) in [6.45, 7) is 2.35. The summed E-state index contributed by atoms with van der Waals surface area (Å²) in [7, 11) is 1.87. The number of hydroxylamine groups is 1. The highest BCUT2D eigenvalue weighted by atomic mass is 16.5. The minimum Gasteiger partial charge on any atom is -0.489 e. The van der Waals surface area contributed by atoms with Crippen LogP contribution in [0.3, 0.4) is 0 Å². The third-order valence-corrected chi connectivity index (χ3v) is 6.46. The molecule has 1 fully saturated rings. The molecule has 4 N–H and O–H groups in total. The van der Waals surface area contributed by atoms with Gasteiger partial charge in [0, 0.05) is 34.3 Å². The first kappa shape index (κ1) is 23.7. The van der Waals surface area contributed by atoms with E-state index in [0.717, 1.165) is 28.6 Å². The van der Waals surface area contributed by atoms with Crippen LogP contribution in [0, 0.1) is 12.8 Å². The predicted octanol–water partition coefficient (Wildman–Crippen LogP) is 3.11. The maximum absolute atomic E-state index is 12.9. The Morgan fingerprint density at radius 1 is 1.12 bits per heavy atom. The van der Waals surface area contributed by atoms with Crippen molar-refractivity contribution in [3.63, 3.8) is 0 Å². The standard InChI is InChI=1S/C26H30N4O4/c1-16-13-18(21-5-3-4-6-23(21)28-16)15-34-20-10-7-17(8-11-20)25(31)29-24-14-19(27-2)9-12-22(24)26(32)30-33/h3-8,10-11,13,19,22,24,27,33H,9,12,14-15H2,1-2H3,(H,29,31)(H,30,32). The summed E-state index contributed by atoms with van der Waals surface area (Å²) in [6.07, 6.45) is 2.00. The van der Waals surface area contributed by atoms with E-state index in [9.17, 15) is 9.59 Å². The number of amides is 2. The molecule has 2 aromatic carbocycles. The summed E-state index contributed by atoms with van der Waals surface area (Å²) in [5, 5.41) is 16.3. The molecule has 0 radical (unpaired) electrons. The van der Waals surface area contributed by atoms with Gasteiger partial charge in [-0.3, -0.25) is 19.8 Å². The quantitative estimate of drug-likeness (QED) is 0.317. The largest absolute Gasteiger partial charge is 0.489 e. The molecule has 4 rings (SSSR count). The number of nitrogens with zero attached hydrogens (tertiary/aromatic N) is 1. The maximum Gasteiger partial charge on any atom is 0.251 e. The summed E-state index contributed by atoms with van der Waals surface area (Å²) in [6, 6.07) is 16.8. The number of fused-ring (bicyclic) bond motifs is 1. The Hall–Kier alpha value is -3.49. The summed E-state index contributed by atoms with van der Waals surface area (Å²) in [5.74, 6) is -0.553. The van der Waals surface area contributed by atoms with Gasteiger partial charge in [0.15, 0.2) is 0 Å². The van der Waals surface area contributed by atoms with Crippen LogP contribution in [-0.2, 0) is 11.4 Å². The van der Waals surface area contributed by atoms with Crippen molar-refractivity contribution in [3.05, 3.63) is 71.4 Å². The van der Waals surface area contributed by atoms with E-state index in [1.165, 1.54) is 0 Å². The molecule has 8 heteroatoms. The number of hydrogen-bond acceptors (Lipinski definition) is 6. The van der Waals surface area contributed by atoms with E-state index in [2.05, 4.69) is 15.6 Å². The van der Waals surface area contributed by atoms with Gasteiger partial charge in [-0.05, 0) is 69.6 Å². The Morgan fingerprint density at radius 3 is 2.62 bits per heavy atom. The molecule has 1 heterocycles. The molecule has 34 heavy (non-hydrogen) atoms. The van der Waals surface area contributed by atoms with Crippen LogP contribution in [0.15, 0.2) is 54.6 Å². The molecule has 3 aromatic rings. The van der Waals surface area contributed by atoms with Crippen molar-refractivity contribution in [2.24, 2.45) is 5.92 Å². The fourth-order valence-corrected chi connectivity index (χ4v) is 4.62. The molecule has 8 nitrogen and oxygen atoms in total. The van der Waals surface area contributed by atoms with Crippen LogP contribution < -0.4 is 20.9 Å². The van der Waals surface area contributed by atoms with Gasteiger partial charge in [-0.1, -0.05) is 18.2 Å². The minimum absolute atomic E-state index is 0.205. The number of carbonyl (C=O) groups is 2. The van der Waals surface area contributed by atoms with Gasteiger partial charge in [-0.25, -0.2) is 5.48 Å². The number of pyridine rings is 1. The molecule has 1 aromatic heterocycles. The molecular weight excluding hydrogens is 432 g/mol. The first-order valence-corrected chi connectivity index (χ1v) is 11.5. The van der Waals surface area contributed by atoms with Crippen molar-refractivity contribution in [2.75, 3.05) is 7.05 Å². The second-order valence-electron chi connectivity index (χ2n) is 8.71. The number of para-hydroxylation sites is 1. The first-order chi connectivity index (χ1) is 16.5. The van der Waals surface area contributed by atoms with Gasteiger partial charge in [0.05, 0.1) is 11.4 Å². The molecule has 0 spiro atoms. The normalized spacial score (nSPS) is 20.0. The van der Waals surface area contributed by atoms with Crippen molar-refractivity contribution >= 4 is 22.7 Å². The molecule has 3 unspecified atom stereocenters. The Balaban J connectivity index is 1.41. The van der Waals surface area contributed by atoms with Crippen molar-refractivity contribution in [1.82, 2.24) is 21.1 Å². The molecule has 0 aliphatic heterocycles. The van der Waals surface area contributed by atoms with E-state index in [0.29, 0.717) is 30.8 Å². The van der Waals surface area contributed by atoms with Gasteiger partial charge < -0.3 is 15.4 Å². The van der Waals surface area contributed by atoms with Crippen LogP contribution in [0.1, 0.15) is 40.9 Å². The third kappa shape index (κ3) is 5.35. The average Bonchev–Trinajstić information content (AvgIpc) is 2.86. The second-order valence-corrected chi connectivity index (χ2v) is 8.71. The molecule has 1 aliphatic rings. The number of benzene rings is 2. The lowest BCUT2D eigenvalue weighted by Crippen LogP contribution is -2.52. The van der Waals surface area contributed by atoms with E-state index in [1.54, 1.807) is 29.7 Å². The van der Waals surface area contributed by atoms with E-state index in [4.69, 9.17) is 9.94 Å². The minimum atomic E-state index is -0.472. The molecule has 3 atom stereocenters. The van der Waals surface area contributed by atoms with Gasteiger partial charge in [-0.15, -0.1) is 0 Å². The summed E-state index contributed by atoms with van der Waals surface area (Å²) in [4.78, 5) is 29.5. The van der Waals surface area contributed by atoms with Crippen molar-refractivity contribution in [2.45, 2.75) is 44.9 Å². The van der Waals surface area contributed by atoms with Crippen molar-refractivity contribution < 1.29 is 19.5 Å². The topological polar surface area (TPSA) is 113 Å². The number of carbonyl (C=O) groups excluding carboxylic acids is 2. The summed E-state index contributed by atoms with van der Waals surface area (Å²) >= 11 is 0. The maximum atomic E-state index is 12.9. The number of aryl methyl sites for hydroxylation is 1. The van der Waals surface area contributed by atoms with E-state index < -0.39 is 11.8 Å². The lowest BCUT2D eigenvalue weighted by atomic mass is 9.81. The highest BCUT2D eigenvalue weighted by molar-refractivity contribution is 5.95. The fourth-order valence-electron chi connectivity index (χ4n) is 4.62. The number of aromatic nitrogens is 1. The van der Waals surface area contributed by atoms with Crippen molar-refractivity contribution in [3.8, 4) is 5.75 Å². The zero-order chi connectivity index (χ0) is 24.1. The number of ether oxygens (including phenoxy) is 1. The zero-order valence-corrected chi connectivity index (χ0v) is 19.4. The predicted molar refractivity (Wildman–Crippen MR) is 129 cm³/mol. The summed E-state index contributed by atoms with van der Waals surface area (Å²) < 4.78 is 5.98. The van der Waals surface area contributed by atoms with E-state index in [-0.39, 0.29) is 18.0 Å². The summed E-state index contributed by atoms with van der Waals surface area (Å²) in [5.41, 5.74) is 5.12. The fraction of sp³-hybridized carbons (Fsp3) is 0.346. The second kappa shape index (κ2) is 10.6. The van der Waals surface area contributed by atoms with Crippen LogP contribution in [0.2, 0.25) is 0 Å². The number of rotatable bonds is 7. The van der Waals surface area contributed by atoms with Gasteiger partial charge >= 0.3 is 0 Å². The van der Waals surface area contributed by atoms with Crippen LogP contribution in [0.4, 0.5) is 0 Å². The number of nitrogens with one attached hydrogen (secondary N) is 3. The highest BCUT2D eigenvalue weighted by Gasteiger charge is 2.35. The Kier molecular flexibility index (Phi) is 7.40. The Bertz CT molecular complexity index is 1170. The van der Waals surface area contributed by atoms with Crippen LogP contribution in [0.25, 0.3) is 10.9 Å². The van der Waals surface area contributed by atoms with Gasteiger partial charge in [0.2, 0.25) is 5.91 Å². The van der Waals surface area contributed by atoms with Crippen LogP contribution in [-0.4, -0.2) is 41.1 Å². The molecule has 2 amide bonds. The third-order valence-electron chi connectivity index (χ3n) is 6.46. The van der Waals surface area contributed by atoms with Gasteiger partial charge in [-0.2, -0.15) is 0 Å². The lowest BCUT2D eigenvalue weighted by Gasteiger charge is -2.35. The monoisotopic (exact) mass is 462 g/mol. The van der Waals surface area contributed by atoms with E-state index >= 15 is 0 Å². The smallest absolute Gasteiger partial charge is 0.251 e. The number of hydrogen-bond donors (Lipinski definition) is 4. The molecule has 0 bridgehead atoms. The Morgan fingerprint density at radius 2 is 1.88 bits per heavy atom. The van der Waals surface area contributed by atoms with Gasteiger partial charge in [0.1, 0.15) is 12.4 Å². The SMILES string of the molecule is CNC1CCC(C(=O)NO)C(NC(=O)c2ccc(OCc3cc(C)nc4ccccc34)cc2)C1. The van der Waals surface area contributed by atoms with E-state index in [1.807, 2.05) is 44.3 Å². The molecule has 1 aliphatic carbocycles. The molecule has 178 valence electrons. The lowest BCUT2D eigenvalue weighted by molar-refractivity contribution is -0.135. The highest BCUT2D eigenvalue weighted by Crippen LogP contribution is 2.26. The van der Waals surface area contributed by atoms with Gasteiger partial charge in [0.25, 0.3) is 5.91 Å². The Labute approximate surface area is 198 Å². The van der Waals surface area contributed by atoms with Crippen LogP contribution in [0.5, 0.6) is 5.75 Å². The van der Waals surface area contributed by atoms with Crippen molar-refractivity contribution in [1.29, 1.82) is 0 Å². The van der Waals surface area contributed by atoms with Crippen LogP contribution >= 0.6 is 0 Å². The first-order valence-electron chi connectivity index (χ1n) is 11.5. The molecule has 1 saturated carbocycles.